The molecule has 10 heteroatoms. The van der Waals surface area contributed by atoms with Crippen LogP contribution < -0.4 is 4.74 Å². The second kappa shape index (κ2) is 8.67. The van der Waals surface area contributed by atoms with Crippen molar-refractivity contribution in [2.45, 2.75) is 13.5 Å². The topological polar surface area (TPSA) is 89.9 Å². The minimum absolute atomic E-state index is 0.0597. The number of alkyl halides is 2. The molecule has 0 spiro atoms. The summed E-state index contributed by atoms with van der Waals surface area (Å²) >= 11 is 0. The summed E-state index contributed by atoms with van der Waals surface area (Å²) in [4.78, 5) is 11.2. The highest BCUT2D eigenvalue weighted by atomic mass is 35.7. The van der Waals surface area contributed by atoms with Crippen molar-refractivity contribution in [2.24, 2.45) is 0 Å². The Labute approximate surface area is 118 Å². The summed E-state index contributed by atoms with van der Waals surface area (Å²) in [5.74, 6) is -0.618. The third kappa shape index (κ3) is 10.5. The first-order valence-electron chi connectivity index (χ1n) is 5.02. The molecule has 0 amide bonds. The van der Waals surface area contributed by atoms with Gasteiger partial charge in [0.2, 0.25) is 0 Å². The van der Waals surface area contributed by atoms with Crippen molar-refractivity contribution in [1.29, 1.82) is 0 Å². The summed E-state index contributed by atoms with van der Waals surface area (Å²) in [6.07, 6.45) is 0. The van der Waals surface area contributed by atoms with Crippen LogP contribution in [0.2, 0.25) is 0 Å². The molecule has 0 saturated carbocycles. The average Bonchev–Trinajstić information content (AvgIpc) is 2.26. The smallest absolute Gasteiger partial charge is 0.387 e. The number of rotatable bonds is 4. The van der Waals surface area contributed by atoms with Gasteiger partial charge >= 0.3 is 21.9 Å². The largest absolute Gasteiger partial charge is 0.462 e. The Morgan fingerprint density at radius 2 is 2.00 bits per heavy atom. The molecule has 20 heavy (non-hydrogen) atoms. The van der Waals surface area contributed by atoms with Gasteiger partial charge in [-0.25, -0.2) is 4.79 Å². The Hall–Kier alpha value is -1.45. The number of ether oxygens (including phenoxy) is 2. The van der Waals surface area contributed by atoms with Crippen LogP contribution in [0.25, 0.3) is 0 Å². The fourth-order valence-corrected chi connectivity index (χ4v) is 1.01. The van der Waals surface area contributed by atoms with Crippen molar-refractivity contribution in [3.05, 3.63) is 29.8 Å². The zero-order valence-electron chi connectivity index (χ0n) is 10.1. The Balaban J connectivity index is 0.000000621. The predicted octanol–water partition coefficient (Wildman–Crippen LogP) is 2.49. The Morgan fingerprint density at radius 3 is 2.45 bits per heavy atom. The molecule has 0 unspecified atom stereocenters. The monoisotopic (exact) mass is 332 g/mol. The molecule has 0 radical (unpaired) electrons. The molecule has 1 aromatic rings. The number of carbonyl (C=O) groups excluding carboxylic acids is 1. The van der Waals surface area contributed by atoms with E-state index in [-0.39, 0.29) is 17.9 Å². The van der Waals surface area contributed by atoms with E-state index in [9.17, 15) is 13.6 Å². The van der Waals surface area contributed by atoms with Crippen LogP contribution in [-0.4, -0.2) is 32.2 Å². The average molecular weight is 333 g/mol. The fraction of sp³-hybridized carbons (Fsp3) is 0.300. The van der Waals surface area contributed by atoms with Crippen LogP contribution in [0, 0.1) is 0 Å². The molecule has 0 aliphatic heterocycles. The van der Waals surface area contributed by atoms with Gasteiger partial charge in [-0.15, -0.1) is 0 Å². The molecule has 0 heterocycles. The molecular weight excluding hydrogens is 322 g/mol. The first kappa shape index (κ1) is 18.6. The van der Waals surface area contributed by atoms with Gasteiger partial charge in [0, 0.05) is 10.7 Å². The Bertz CT molecular complexity index is 526. The normalized spacial score (nSPS) is 10.5. The molecule has 1 rings (SSSR count). The lowest BCUT2D eigenvalue weighted by Crippen LogP contribution is -2.06. The maximum Gasteiger partial charge on any atom is 0.387 e. The lowest BCUT2D eigenvalue weighted by molar-refractivity contribution is -0.0499. The second-order valence-corrected chi connectivity index (χ2v) is 5.03. The standard InChI is InChI=1S/C10H10F2O3.ClHO3S/c1-2-14-9(13)7-4-3-5-8(6-7)15-10(11)12;1-5(2,3)4/h3-6,10H,2H2,1H3;(H,2,3,4). The summed E-state index contributed by atoms with van der Waals surface area (Å²) in [6, 6.07) is 5.47. The van der Waals surface area contributed by atoms with Crippen LogP contribution >= 0.6 is 10.7 Å². The van der Waals surface area contributed by atoms with Gasteiger partial charge in [0.1, 0.15) is 5.75 Å². The van der Waals surface area contributed by atoms with Gasteiger partial charge in [-0.2, -0.15) is 17.2 Å². The van der Waals surface area contributed by atoms with Crippen LogP contribution in [-0.2, 0) is 14.1 Å². The molecule has 1 aromatic carbocycles. The number of hydrogen-bond acceptors (Lipinski definition) is 5. The van der Waals surface area contributed by atoms with E-state index < -0.39 is 21.9 Å². The van der Waals surface area contributed by atoms with Crippen molar-refractivity contribution < 1.29 is 36.0 Å². The quantitative estimate of drug-likeness (QED) is 0.517. The number of benzene rings is 1. The van der Waals surface area contributed by atoms with E-state index in [0.29, 0.717) is 0 Å². The van der Waals surface area contributed by atoms with E-state index >= 15 is 0 Å². The zero-order valence-corrected chi connectivity index (χ0v) is 11.7. The van der Waals surface area contributed by atoms with E-state index in [2.05, 4.69) is 15.4 Å². The SMILES string of the molecule is CCOC(=O)c1cccc(OC(F)F)c1.O=S(=O)(O)Cl. The van der Waals surface area contributed by atoms with E-state index in [1.165, 1.54) is 24.3 Å². The van der Waals surface area contributed by atoms with E-state index in [4.69, 9.17) is 17.7 Å². The van der Waals surface area contributed by atoms with Gasteiger partial charge in [-0.05, 0) is 25.1 Å². The van der Waals surface area contributed by atoms with Gasteiger partial charge in [-0.1, -0.05) is 6.07 Å². The molecule has 0 atom stereocenters. The molecule has 0 fully saturated rings. The minimum atomic E-state index is -4.19. The number of hydrogen-bond donors (Lipinski definition) is 1. The molecule has 0 aliphatic rings. The minimum Gasteiger partial charge on any atom is -0.462 e. The molecule has 1 N–H and O–H groups in total. The first-order valence-corrected chi connectivity index (χ1v) is 7.29. The highest BCUT2D eigenvalue weighted by molar-refractivity contribution is 8.09. The molecule has 0 bridgehead atoms. The van der Waals surface area contributed by atoms with Crippen molar-refractivity contribution in [2.75, 3.05) is 6.61 Å². The zero-order chi connectivity index (χ0) is 15.8. The van der Waals surface area contributed by atoms with Crippen molar-refractivity contribution in [3.63, 3.8) is 0 Å². The molecule has 0 aromatic heterocycles. The molecule has 0 saturated heterocycles. The van der Waals surface area contributed by atoms with Crippen LogP contribution in [0.4, 0.5) is 8.78 Å². The molecule has 114 valence electrons. The third-order valence-corrected chi connectivity index (χ3v) is 1.57. The summed E-state index contributed by atoms with van der Waals surface area (Å²) in [5.41, 5.74) is 0.190. The van der Waals surface area contributed by atoms with Crippen LogP contribution in [0.15, 0.2) is 24.3 Å². The van der Waals surface area contributed by atoms with E-state index in [0.717, 1.165) is 0 Å². The fourth-order valence-electron chi connectivity index (χ4n) is 1.01. The van der Waals surface area contributed by atoms with E-state index in [1.54, 1.807) is 6.92 Å². The lowest BCUT2D eigenvalue weighted by Gasteiger charge is -2.06. The van der Waals surface area contributed by atoms with Gasteiger partial charge in [0.15, 0.2) is 0 Å². The van der Waals surface area contributed by atoms with Gasteiger partial charge in [0.25, 0.3) is 0 Å². The number of carbonyl (C=O) groups is 1. The van der Waals surface area contributed by atoms with Gasteiger partial charge in [-0.3, -0.25) is 4.55 Å². The number of esters is 1. The second-order valence-electron chi connectivity index (χ2n) is 3.04. The summed E-state index contributed by atoms with van der Waals surface area (Å²) in [5, 5.41) is 0. The lowest BCUT2D eigenvalue weighted by atomic mass is 10.2. The third-order valence-electron chi connectivity index (χ3n) is 1.57. The predicted molar refractivity (Wildman–Crippen MR) is 66.4 cm³/mol. The van der Waals surface area contributed by atoms with Gasteiger partial charge in [0.05, 0.1) is 12.2 Å². The van der Waals surface area contributed by atoms with Crippen molar-refractivity contribution >= 4 is 26.0 Å². The molecule has 6 nitrogen and oxygen atoms in total. The Morgan fingerprint density at radius 1 is 1.45 bits per heavy atom. The van der Waals surface area contributed by atoms with Crippen molar-refractivity contribution in [3.8, 4) is 5.75 Å². The summed E-state index contributed by atoms with van der Waals surface area (Å²) in [6.45, 7) is -1.00. The van der Waals surface area contributed by atoms with E-state index in [1.807, 2.05) is 0 Å². The maximum atomic E-state index is 11.9. The van der Waals surface area contributed by atoms with Crippen LogP contribution in [0.1, 0.15) is 17.3 Å². The highest BCUT2D eigenvalue weighted by Gasteiger charge is 2.09. The molecular formula is C10H11ClF2O6S. The number of halogens is 3. The van der Waals surface area contributed by atoms with Crippen LogP contribution in [0.3, 0.4) is 0 Å². The highest BCUT2D eigenvalue weighted by Crippen LogP contribution is 2.16. The van der Waals surface area contributed by atoms with Crippen molar-refractivity contribution in [1.82, 2.24) is 0 Å². The first-order chi connectivity index (χ1) is 9.13. The molecule has 0 aliphatic carbocycles. The van der Waals surface area contributed by atoms with Crippen LogP contribution in [0.5, 0.6) is 5.75 Å². The summed E-state index contributed by atoms with van der Waals surface area (Å²) in [7, 11) is -0.137. The maximum absolute atomic E-state index is 11.9. The summed E-state index contributed by atoms with van der Waals surface area (Å²) < 4.78 is 57.7. The van der Waals surface area contributed by atoms with Gasteiger partial charge < -0.3 is 9.47 Å². The Kier molecular flexibility index (Phi) is 8.04.